The normalized spacial score (nSPS) is 15.5. The van der Waals surface area contributed by atoms with Crippen LogP contribution < -0.4 is 16.1 Å². The monoisotopic (exact) mass is 306 g/mol. The smallest absolute Gasteiger partial charge is 0.317 e. The van der Waals surface area contributed by atoms with Crippen molar-refractivity contribution in [2.45, 2.75) is 32.7 Å². The van der Waals surface area contributed by atoms with Crippen molar-refractivity contribution in [1.82, 2.24) is 20.5 Å². The summed E-state index contributed by atoms with van der Waals surface area (Å²) in [7, 11) is 0. The van der Waals surface area contributed by atoms with Gasteiger partial charge >= 0.3 is 6.03 Å². The molecule has 0 radical (unpaired) electrons. The molecule has 0 bridgehead atoms. The number of rotatable bonds is 3. The van der Waals surface area contributed by atoms with Crippen molar-refractivity contribution in [3.05, 3.63) is 33.7 Å². The third-order valence-electron chi connectivity index (χ3n) is 3.67. The van der Waals surface area contributed by atoms with Gasteiger partial charge in [-0.3, -0.25) is 9.59 Å². The summed E-state index contributed by atoms with van der Waals surface area (Å²) in [5, 5.41) is 5.68. The number of amides is 3. The Kier molecular flexibility index (Phi) is 5.19. The molecule has 0 atom stereocenters. The van der Waals surface area contributed by atoms with Crippen molar-refractivity contribution in [3.8, 4) is 0 Å². The van der Waals surface area contributed by atoms with E-state index in [4.69, 9.17) is 0 Å². The molecule has 1 fully saturated rings. The SMILES string of the molecule is CCNC(=O)N1CCC(NC(=O)c2cc(=O)cc(C)[nH]2)CC1. The Morgan fingerprint density at radius 3 is 2.59 bits per heavy atom. The number of nitrogens with zero attached hydrogens (tertiary/aromatic N) is 1. The Labute approximate surface area is 129 Å². The number of aromatic nitrogens is 1. The molecule has 3 amide bonds. The van der Waals surface area contributed by atoms with E-state index in [1.165, 1.54) is 12.1 Å². The molecule has 1 aliphatic heterocycles. The van der Waals surface area contributed by atoms with Gasteiger partial charge in [-0.15, -0.1) is 0 Å². The maximum absolute atomic E-state index is 12.2. The minimum absolute atomic E-state index is 0.0159. The van der Waals surface area contributed by atoms with E-state index in [0.717, 1.165) is 0 Å². The summed E-state index contributed by atoms with van der Waals surface area (Å²) in [5.74, 6) is -0.280. The standard InChI is InChI=1S/C15H22N4O3/c1-3-16-15(22)19-6-4-11(5-7-19)18-14(21)13-9-12(20)8-10(2)17-13/h8-9,11H,3-7H2,1-2H3,(H,16,22)(H,17,20)(H,18,21). The Bertz CT molecular complexity index is 603. The van der Waals surface area contributed by atoms with Crippen LogP contribution in [0.3, 0.4) is 0 Å². The largest absolute Gasteiger partial charge is 0.354 e. The van der Waals surface area contributed by atoms with E-state index in [9.17, 15) is 14.4 Å². The molecule has 0 aromatic carbocycles. The molecule has 2 heterocycles. The number of aryl methyl sites for hydroxylation is 1. The molecule has 1 aromatic heterocycles. The lowest BCUT2D eigenvalue weighted by Gasteiger charge is -2.32. The van der Waals surface area contributed by atoms with Gasteiger partial charge in [0.25, 0.3) is 5.91 Å². The highest BCUT2D eigenvalue weighted by Gasteiger charge is 2.24. The third-order valence-corrected chi connectivity index (χ3v) is 3.67. The van der Waals surface area contributed by atoms with Crippen molar-refractivity contribution < 1.29 is 9.59 Å². The lowest BCUT2D eigenvalue weighted by atomic mass is 10.1. The Balaban J connectivity index is 1.89. The van der Waals surface area contributed by atoms with Gasteiger partial charge in [0.15, 0.2) is 5.43 Å². The van der Waals surface area contributed by atoms with E-state index in [1.54, 1.807) is 11.8 Å². The van der Waals surface area contributed by atoms with Gasteiger partial charge in [-0.1, -0.05) is 0 Å². The first kappa shape index (κ1) is 16.1. The summed E-state index contributed by atoms with van der Waals surface area (Å²) < 4.78 is 0. The van der Waals surface area contributed by atoms with Crippen LogP contribution in [-0.2, 0) is 0 Å². The molecule has 1 aliphatic rings. The summed E-state index contributed by atoms with van der Waals surface area (Å²) in [4.78, 5) is 40.0. The van der Waals surface area contributed by atoms with Crippen molar-refractivity contribution in [2.24, 2.45) is 0 Å². The van der Waals surface area contributed by atoms with E-state index in [-0.39, 0.29) is 29.1 Å². The number of piperidine rings is 1. The van der Waals surface area contributed by atoms with Crippen LogP contribution in [0.5, 0.6) is 0 Å². The Morgan fingerprint density at radius 2 is 2.00 bits per heavy atom. The molecule has 7 nitrogen and oxygen atoms in total. The fraction of sp³-hybridized carbons (Fsp3) is 0.533. The van der Waals surface area contributed by atoms with Crippen LogP contribution in [0.2, 0.25) is 0 Å². The topological polar surface area (TPSA) is 94.3 Å². The zero-order valence-electron chi connectivity index (χ0n) is 12.9. The number of urea groups is 1. The van der Waals surface area contributed by atoms with Crippen molar-refractivity contribution in [2.75, 3.05) is 19.6 Å². The summed E-state index contributed by atoms with van der Waals surface area (Å²) >= 11 is 0. The predicted octanol–water partition coefficient (Wildman–Crippen LogP) is 0.607. The maximum Gasteiger partial charge on any atom is 0.317 e. The van der Waals surface area contributed by atoms with Crippen LogP contribution in [0, 0.1) is 6.92 Å². The van der Waals surface area contributed by atoms with E-state index < -0.39 is 0 Å². The van der Waals surface area contributed by atoms with Crippen molar-refractivity contribution >= 4 is 11.9 Å². The van der Waals surface area contributed by atoms with E-state index in [0.29, 0.717) is 38.2 Å². The quantitative estimate of drug-likeness (QED) is 0.763. The van der Waals surface area contributed by atoms with Gasteiger partial charge < -0.3 is 20.5 Å². The summed E-state index contributed by atoms with van der Waals surface area (Å²) in [6, 6.07) is 2.70. The number of H-pyrrole nitrogens is 1. The average Bonchev–Trinajstić information content (AvgIpc) is 2.47. The van der Waals surface area contributed by atoms with Crippen molar-refractivity contribution in [3.63, 3.8) is 0 Å². The molecule has 120 valence electrons. The van der Waals surface area contributed by atoms with Gasteiger partial charge in [0, 0.05) is 43.5 Å². The molecule has 2 rings (SSSR count). The van der Waals surface area contributed by atoms with Gasteiger partial charge in [-0.05, 0) is 26.7 Å². The van der Waals surface area contributed by atoms with Crippen molar-refractivity contribution in [1.29, 1.82) is 0 Å². The lowest BCUT2D eigenvalue weighted by molar-refractivity contribution is 0.0912. The molecule has 7 heteroatoms. The zero-order valence-corrected chi connectivity index (χ0v) is 12.9. The maximum atomic E-state index is 12.2. The van der Waals surface area contributed by atoms with Crippen LogP contribution in [-0.4, -0.2) is 47.5 Å². The number of pyridine rings is 1. The highest BCUT2D eigenvalue weighted by atomic mass is 16.2. The highest BCUT2D eigenvalue weighted by Crippen LogP contribution is 2.11. The molecule has 1 saturated heterocycles. The third kappa shape index (κ3) is 4.09. The second-order valence-corrected chi connectivity index (χ2v) is 5.48. The minimum Gasteiger partial charge on any atom is -0.354 e. The second kappa shape index (κ2) is 7.11. The van der Waals surface area contributed by atoms with Gasteiger partial charge in [0.1, 0.15) is 5.69 Å². The van der Waals surface area contributed by atoms with Gasteiger partial charge in [-0.25, -0.2) is 4.79 Å². The first-order valence-electron chi connectivity index (χ1n) is 7.54. The summed E-state index contributed by atoms with van der Waals surface area (Å²) in [6.45, 7) is 5.45. The minimum atomic E-state index is -0.280. The molecule has 1 aromatic rings. The van der Waals surface area contributed by atoms with Gasteiger partial charge in [0.05, 0.1) is 0 Å². The number of carbonyl (C=O) groups excluding carboxylic acids is 2. The molecule has 0 saturated carbocycles. The first-order chi connectivity index (χ1) is 10.5. The number of carbonyl (C=O) groups is 2. The van der Waals surface area contributed by atoms with Crippen LogP contribution >= 0.6 is 0 Å². The zero-order chi connectivity index (χ0) is 16.1. The first-order valence-corrected chi connectivity index (χ1v) is 7.54. The number of hydrogen-bond donors (Lipinski definition) is 3. The van der Waals surface area contributed by atoms with Gasteiger partial charge in [-0.2, -0.15) is 0 Å². The summed E-state index contributed by atoms with van der Waals surface area (Å²) in [5.41, 5.74) is 0.743. The molecule has 0 aliphatic carbocycles. The van der Waals surface area contributed by atoms with Crippen LogP contribution in [0.25, 0.3) is 0 Å². The average molecular weight is 306 g/mol. The molecular weight excluding hydrogens is 284 g/mol. The highest BCUT2D eigenvalue weighted by molar-refractivity contribution is 5.92. The Hall–Kier alpha value is -2.31. The molecular formula is C15H22N4O3. The van der Waals surface area contributed by atoms with E-state index in [2.05, 4.69) is 15.6 Å². The van der Waals surface area contributed by atoms with Crippen LogP contribution in [0.4, 0.5) is 4.79 Å². The van der Waals surface area contributed by atoms with Gasteiger partial charge in [0.2, 0.25) is 0 Å². The predicted molar refractivity (Wildman–Crippen MR) is 82.9 cm³/mol. The number of likely N-dealkylation sites (tertiary alicyclic amines) is 1. The number of aromatic amines is 1. The van der Waals surface area contributed by atoms with Crippen LogP contribution in [0.1, 0.15) is 35.9 Å². The van der Waals surface area contributed by atoms with E-state index in [1.807, 2.05) is 6.92 Å². The molecule has 0 unspecified atom stereocenters. The number of hydrogen-bond acceptors (Lipinski definition) is 3. The summed E-state index contributed by atoms with van der Waals surface area (Å²) in [6.07, 6.45) is 1.41. The van der Waals surface area contributed by atoms with E-state index >= 15 is 0 Å². The second-order valence-electron chi connectivity index (χ2n) is 5.48. The molecule has 0 spiro atoms. The Morgan fingerprint density at radius 1 is 1.32 bits per heavy atom. The molecule has 3 N–H and O–H groups in total. The van der Waals surface area contributed by atoms with Crippen LogP contribution in [0.15, 0.2) is 16.9 Å². The fourth-order valence-electron chi connectivity index (χ4n) is 2.56. The molecule has 22 heavy (non-hydrogen) atoms. The number of nitrogens with one attached hydrogen (secondary N) is 3. The fourth-order valence-corrected chi connectivity index (χ4v) is 2.56. The lowest BCUT2D eigenvalue weighted by Crippen LogP contribution is -2.49.